The van der Waals surface area contributed by atoms with Gasteiger partial charge in [0.15, 0.2) is 11.3 Å². The summed E-state index contributed by atoms with van der Waals surface area (Å²) in [7, 11) is 0. The van der Waals surface area contributed by atoms with Gasteiger partial charge in [0, 0.05) is 5.69 Å². The second kappa shape index (κ2) is 10.2. The van der Waals surface area contributed by atoms with Gasteiger partial charge in [-0.15, -0.1) is 0 Å². The zero-order valence-corrected chi connectivity index (χ0v) is 16.7. The third-order valence-corrected chi connectivity index (χ3v) is 4.91. The minimum atomic E-state index is -1.75. The normalized spacial score (nSPS) is 14.1. The standard InChI is InChI=1S/C22H30N4O3/c1-15-4-8-17(9-5-15)26-21(29)22(25,12-2-3-13-23)20(28)19(24)14-16-6-10-18(27)11-7-16/h4-11,19,27H,2-3,12-14,23-25H2,1H3,(H,26,29)/t19-,22+/m1/s1. The molecular weight excluding hydrogens is 368 g/mol. The molecule has 7 heteroatoms. The summed E-state index contributed by atoms with van der Waals surface area (Å²) >= 11 is 0. The second-order valence-electron chi connectivity index (χ2n) is 7.38. The van der Waals surface area contributed by atoms with Crippen LogP contribution in [0.25, 0.3) is 0 Å². The van der Waals surface area contributed by atoms with Crippen molar-refractivity contribution in [1.82, 2.24) is 0 Å². The third kappa shape index (κ3) is 6.12. The fourth-order valence-corrected chi connectivity index (χ4v) is 3.09. The van der Waals surface area contributed by atoms with E-state index < -0.39 is 23.3 Å². The Kier molecular flexibility index (Phi) is 7.90. The Labute approximate surface area is 171 Å². The molecule has 0 spiro atoms. The first-order chi connectivity index (χ1) is 13.8. The molecule has 0 heterocycles. The number of nitrogens with one attached hydrogen (secondary N) is 1. The van der Waals surface area contributed by atoms with Crippen LogP contribution in [0.15, 0.2) is 48.5 Å². The highest BCUT2D eigenvalue weighted by Crippen LogP contribution is 2.20. The number of hydrogen-bond acceptors (Lipinski definition) is 6. The maximum atomic E-state index is 13.1. The van der Waals surface area contributed by atoms with Crippen molar-refractivity contribution in [2.24, 2.45) is 17.2 Å². The van der Waals surface area contributed by atoms with Crippen LogP contribution >= 0.6 is 0 Å². The SMILES string of the molecule is Cc1ccc(NC(=O)[C@](N)(CCCCN)C(=O)[C@H](N)Cc2ccc(O)cc2)cc1. The van der Waals surface area contributed by atoms with Gasteiger partial charge in [-0.1, -0.05) is 29.8 Å². The number of phenolic OH excluding ortho intramolecular Hbond substituents is 1. The van der Waals surface area contributed by atoms with E-state index >= 15 is 0 Å². The average molecular weight is 399 g/mol. The van der Waals surface area contributed by atoms with E-state index in [-0.39, 0.29) is 18.6 Å². The summed E-state index contributed by atoms with van der Waals surface area (Å²) in [4.78, 5) is 26.1. The quantitative estimate of drug-likeness (QED) is 0.304. The molecule has 0 unspecified atom stereocenters. The highest BCUT2D eigenvalue weighted by Gasteiger charge is 2.43. The van der Waals surface area contributed by atoms with Gasteiger partial charge >= 0.3 is 0 Å². The number of amides is 1. The maximum Gasteiger partial charge on any atom is 0.252 e. The lowest BCUT2D eigenvalue weighted by molar-refractivity contribution is -0.134. The van der Waals surface area contributed by atoms with E-state index in [9.17, 15) is 14.7 Å². The van der Waals surface area contributed by atoms with Gasteiger partial charge < -0.3 is 27.6 Å². The molecule has 0 aromatic heterocycles. The number of hydrogen-bond donors (Lipinski definition) is 5. The lowest BCUT2D eigenvalue weighted by Gasteiger charge is -2.29. The molecule has 156 valence electrons. The number of anilines is 1. The number of nitrogens with two attached hydrogens (primary N) is 3. The number of rotatable bonds is 10. The van der Waals surface area contributed by atoms with E-state index in [0.29, 0.717) is 25.1 Å². The minimum absolute atomic E-state index is 0.126. The number of carbonyl (C=O) groups excluding carboxylic acids is 2. The molecule has 0 aliphatic carbocycles. The van der Waals surface area contributed by atoms with Crippen LogP contribution in [0, 0.1) is 6.92 Å². The molecule has 2 aromatic rings. The van der Waals surface area contributed by atoms with Gasteiger partial charge in [0.1, 0.15) is 5.75 Å². The number of carbonyl (C=O) groups is 2. The van der Waals surface area contributed by atoms with Crippen LogP contribution in [0.2, 0.25) is 0 Å². The van der Waals surface area contributed by atoms with Crippen molar-refractivity contribution < 1.29 is 14.7 Å². The first-order valence-electron chi connectivity index (χ1n) is 9.71. The van der Waals surface area contributed by atoms with Crippen LogP contribution in [0.1, 0.15) is 30.4 Å². The van der Waals surface area contributed by atoms with Crippen molar-refractivity contribution >= 4 is 17.4 Å². The Morgan fingerprint density at radius 3 is 2.28 bits per heavy atom. The number of aromatic hydroxyl groups is 1. The largest absolute Gasteiger partial charge is 0.508 e. The van der Waals surface area contributed by atoms with Crippen LogP contribution in [0.4, 0.5) is 5.69 Å². The molecule has 0 aliphatic rings. The van der Waals surface area contributed by atoms with Crippen LogP contribution in [0.5, 0.6) is 5.75 Å². The monoisotopic (exact) mass is 398 g/mol. The summed E-state index contributed by atoms with van der Waals surface area (Å²) in [5.74, 6) is -0.974. The highest BCUT2D eigenvalue weighted by molar-refractivity contribution is 6.16. The molecule has 0 saturated heterocycles. The van der Waals surface area contributed by atoms with Gasteiger partial charge in [-0.05, 0) is 69.0 Å². The van der Waals surface area contributed by atoms with Crippen molar-refractivity contribution in [3.8, 4) is 5.75 Å². The number of aryl methyl sites for hydroxylation is 1. The number of unbranched alkanes of at least 4 members (excludes halogenated alkanes) is 1. The minimum Gasteiger partial charge on any atom is -0.508 e. The fraction of sp³-hybridized carbons (Fsp3) is 0.364. The van der Waals surface area contributed by atoms with Crippen molar-refractivity contribution in [2.45, 2.75) is 44.2 Å². The van der Waals surface area contributed by atoms with E-state index in [1.807, 2.05) is 19.1 Å². The maximum absolute atomic E-state index is 13.1. The highest BCUT2D eigenvalue weighted by atomic mass is 16.3. The van der Waals surface area contributed by atoms with Crippen LogP contribution in [-0.4, -0.2) is 34.9 Å². The molecule has 29 heavy (non-hydrogen) atoms. The zero-order chi connectivity index (χ0) is 21.4. The smallest absolute Gasteiger partial charge is 0.252 e. The predicted molar refractivity (Wildman–Crippen MR) is 114 cm³/mol. The molecule has 0 radical (unpaired) electrons. The Hall–Kier alpha value is -2.74. The predicted octanol–water partition coefficient (Wildman–Crippen LogP) is 1.60. The number of benzene rings is 2. The molecule has 8 N–H and O–H groups in total. The summed E-state index contributed by atoms with van der Waals surface area (Å²) < 4.78 is 0. The van der Waals surface area contributed by atoms with Crippen molar-refractivity contribution in [3.05, 3.63) is 59.7 Å². The van der Waals surface area contributed by atoms with E-state index in [0.717, 1.165) is 11.1 Å². The Morgan fingerprint density at radius 2 is 1.69 bits per heavy atom. The Balaban J connectivity index is 2.18. The average Bonchev–Trinajstić information content (AvgIpc) is 2.70. The molecular formula is C22H30N4O3. The summed E-state index contributed by atoms with van der Waals surface area (Å²) in [5, 5.41) is 12.1. The number of ketones is 1. The topological polar surface area (TPSA) is 144 Å². The van der Waals surface area contributed by atoms with Crippen molar-refractivity contribution in [2.75, 3.05) is 11.9 Å². The van der Waals surface area contributed by atoms with E-state index in [4.69, 9.17) is 17.2 Å². The van der Waals surface area contributed by atoms with Crippen LogP contribution in [-0.2, 0) is 16.0 Å². The summed E-state index contributed by atoms with van der Waals surface area (Å²) in [5.41, 5.74) is 18.7. The summed E-state index contributed by atoms with van der Waals surface area (Å²) in [6.45, 7) is 2.39. The molecule has 0 saturated carbocycles. The summed E-state index contributed by atoms with van der Waals surface area (Å²) in [6, 6.07) is 12.7. The van der Waals surface area contributed by atoms with E-state index in [2.05, 4.69) is 5.32 Å². The van der Waals surface area contributed by atoms with Gasteiger partial charge in [-0.2, -0.15) is 0 Å². The second-order valence-corrected chi connectivity index (χ2v) is 7.38. The molecule has 2 rings (SSSR count). The summed E-state index contributed by atoms with van der Waals surface area (Å²) in [6.07, 6.45) is 1.56. The van der Waals surface area contributed by atoms with E-state index in [1.165, 1.54) is 12.1 Å². The Morgan fingerprint density at radius 1 is 1.07 bits per heavy atom. The molecule has 2 atom stereocenters. The first kappa shape index (κ1) is 22.5. The van der Waals surface area contributed by atoms with Gasteiger partial charge in [-0.25, -0.2) is 0 Å². The molecule has 0 aliphatic heterocycles. The third-order valence-electron chi connectivity index (χ3n) is 4.91. The van der Waals surface area contributed by atoms with Crippen molar-refractivity contribution in [3.63, 3.8) is 0 Å². The molecule has 0 bridgehead atoms. The van der Waals surface area contributed by atoms with Gasteiger partial charge in [-0.3, -0.25) is 9.59 Å². The zero-order valence-electron chi connectivity index (χ0n) is 16.7. The molecule has 0 fully saturated rings. The lowest BCUT2D eigenvalue weighted by Crippen LogP contribution is -2.62. The molecule has 1 amide bonds. The molecule has 2 aromatic carbocycles. The van der Waals surface area contributed by atoms with Crippen molar-refractivity contribution in [1.29, 1.82) is 0 Å². The van der Waals surface area contributed by atoms with Crippen LogP contribution in [0.3, 0.4) is 0 Å². The van der Waals surface area contributed by atoms with Crippen LogP contribution < -0.4 is 22.5 Å². The van der Waals surface area contributed by atoms with Gasteiger partial charge in [0.2, 0.25) is 0 Å². The fourth-order valence-electron chi connectivity index (χ4n) is 3.09. The van der Waals surface area contributed by atoms with Gasteiger partial charge in [0.05, 0.1) is 6.04 Å². The number of Topliss-reactive ketones (excluding diaryl/α,β-unsaturated/α-hetero) is 1. The van der Waals surface area contributed by atoms with E-state index in [1.54, 1.807) is 24.3 Å². The molecule has 7 nitrogen and oxygen atoms in total. The first-order valence-corrected chi connectivity index (χ1v) is 9.71. The van der Waals surface area contributed by atoms with Gasteiger partial charge in [0.25, 0.3) is 5.91 Å². The lowest BCUT2D eigenvalue weighted by atomic mass is 9.83. The Bertz CT molecular complexity index is 821. The number of phenols is 1.